The number of hydrogen-bond acceptors (Lipinski definition) is 4. The van der Waals surface area contributed by atoms with Gasteiger partial charge in [-0.3, -0.25) is 4.79 Å². The summed E-state index contributed by atoms with van der Waals surface area (Å²) in [5, 5.41) is 12.9. The lowest BCUT2D eigenvalue weighted by Crippen LogP contribution is -2.23. The summed E-state index contributed by atoms with van der Waals surface area (Å²) in [6.07, 6.45) is 0.590. The Morgan fingerprint density at radius 1 is 1.83 bits per heavy atom. The minimum Gasteiger partial charge on any atom is -0.384 e. The molecule has 0 aromatic carbocycles. The topological polar surface area (TPSA) is 62.2 Å². The highest BCUT2D eigenvalue weighted by Crippen LogP contribution is 2.17. The second-order valence-corrected chi connectivity index (χ2v) is 3.64. The van der Waals surface area contributed by atoms with Crippen LogP contribution in [0.3, 0.4) is 0 Å². The number of carbonyl (C=O) groups is 1. The maximum Gasteiger partial charge on any atom is 0.253 e. The highest BCUT2D eigenvalue weighted by atomic mass is 32.1. The molecule has 0 bridgehead atoms. The number of rotatable bonds is 2. The molecule has 0 aliphatic carbocycles. The van der Waals surface area contributed by atoms with E-state index in [0.29, 0.717) is 5.00 Å². The molecule has 0 radical (unpaired) electrons. The third-order valence-corrected chi connectivity index (χ3v) is 2.08. The monoisotopic (exact) mass is 186 g/mol. The summed E-state index contributed by atoms with van der Waals surface area (Å²) in [5.74, 6) is -0.404. The molecule has 2 N–H and O–H groups in total. The molecule has 0 fully saturated rings. The van der Waals surface area contributed by atoms with Gasteiger partial charge in [-0.05, 0) is 13.8 Å². The lowest BCUT2D eigenvalue weighted by Gasteiger charge is -2.02. The van der Waals surface area contributed by atoms with Crippen molar-refractivity contribution < 1.29 is 9.90 Å². The van der Waals surface area contributed by atoms with Crippen molar-refractivity contribution in [1.29, 1.82) is 0 Å². The molecule has 66 valence electrons. The van der Waals surface area contributed by atoms with Crippen LogP contribution in [-0.4, -0.2) is 22.1 Å². The first-order chi connectivity index (χ1) is 5.59. The number of aliphatic hydroxyl groups is 1. The third-order valence-electron chi connectivity index (χ3n) is 1.25. The molecule has 0 aliphatic rings. The number of nitrogens with one attached hydrogen (secondary N) is 1. The van der Waals surface area contributed by atoms with Crippen molar-refractivity contribution in [3.63, 3.8) is 0 Å². The first kappa shape index (κ1) is 9.15. The van der Waals surface area contributed by atoms with Crippen LogP contribution in [0.1, 0.15) is 11.9 Å². The average molecular weight is 186 g/mol. The summed E-state index contributed by atoms with van der Waals surface area (Å²) in [4.78, 5) is 14.9. The van der Waals surface area contributed by atoms with Crippen molar-refractivity contribution in [3.8, 4) is 0 Å². The van der Waals surface area contributed by atoms with E-state index in [0.717, 1.165) is 5.01 Å². The summed E-state index contributed by atoms with van der Waals surface area (Å²) in [5.41, 5.74) is 0. The molecule has 0 aliphatic heterocycles. The van der Waals surface area contributed by atoms with E-state index >= 15 is 0 Å². The van der Waals surface area contributed by atoms with Crippen molar-refractivity contribution in [2.24, 2.45) is 0 Å². The van der Waals surface area contributed by atoms with Crippen LogP contribution in [0.5, 0.6) is 0 Å². The quantitative estimate of drug-likeness (QED) is 0.717. The number of aryl methyl sites for hydroxylation is 1. The highest BCUT2D eigenvalue weighted by Gasteiger charge is 2.09. The molecule has 12 heavy (non-hydrogen) atoms. The smallest absolute Gasteiger partial charge is 0.253 e. The predicted molar refractivity (Wildman–Crippen MR) is 47.2 cm³/mol. The molecule has 1 rings (SSSR count). The van der Waals surface area contributed by atoms with Gasteiger partial charge in [0.05, 0.1) is 11.2 Å². The molecule has 0 saturated carbocycles. The van der Waals surface area contributed by atoms with E-state index in [9.17, 15) is 4.79 Å². The predicted octanol–water partition coefficient (Wildman–Crippen LogP) is 0.771. The van der Waals surface area contributed by atoms with E-state index in [4.69, 9.17) is 5.11 Å². The normalized spacial score (nSPS) is 12.6. The maximum atomic E-state index is 10.9. The summed E-state index contributed by atoms with van der Waals surface area (Å²) >= 11 is 1.38. The van der Waals surface area contributed by atoms with Gasteiger partial charge in [0, 0.05) is 0 Å². The Morgan fingerprint density at radius 2 is 2.50 bits per heavy atom. The number of carbonyl (C=O) groups excluding carboxylic acids is 1. The van der Waals surface area contributed by atoms with E-state index in [1.165, 1.54) is 18.3 Å². The Hall–Kier alpha value is -0.940. The van der Waals surface area contributed by atoms with Crippen molar-refractivity contribution in [1.82, 2.24) is 4.98 Å². The molecule has 0 spiro atoms. The number of anilines is 1. The molecule has 1 atom stereocenters. The molecular weight excluding hydrogens is 176 g/mol. The molecule has 1 aromatic heterocycles. The fourth-order valence-electron chi connectivity index (χ4n) is 0.645. The van der Waals surface area contributed by atoms with Gasteiger partial charge in [0.2, 0.25) is 0 Å². The van der Waals surface area contributed by atoms with Crippen molar-refractivity contribution >= 4 is 22.2 Å². The van der Waals surface area contributed by atoms with E-state index < -0.39 is 12.0 Å². The van der Waals surface area contributed by atoms with Crippen LogP contribution >= 0.6 is 11.3 Å². The van der Waals surface area contributed by atoms with Gasteiger partial charge in [-0.25, -0.2) is 4.98 Å². The summed E-state index contributed by atoms with van der Waals surface area (Å²) in [6, 6.07) is 0. The zero-order valence-electron chi connectivity index (χ0n) is 6.87. The van der Waals surface area contributed by atoms with Crippen molar-refractivity contribution in [2.45, 2.75) is 20.0 Å². The lowest BCUT2D eigenvalue weighted by atomic mass is 10.4. The first-order valence-electron chi connectivity index (χ1n) is 3.51. The van der Waals surface area contributed by atoms with Crippen LogP contribution in [0.4, 0.5) is 5.00 Å². The molecule has 5 heteroatoms. The van der Waals surface area contributed by atoms with Gasteiger partial charge < -0.3 is 10.4 Å². The van der Waals surface area contributed by atoms with E-state index in [2.05, 4.69) is 10.3 Å². The minimum atomic E-state index is -0.979. The van der Waals surface area contributed by atoms with E-state index in [1.54, 1.807) is 6.20 Å². The summed E-state index contributed by atoms with van der Waals surface area (Å²) in [7, 11) is 0. The number of aromatic nitrogens is 1. The Kier molecular flexibility index (Phi) is 2.78. The standard InChI is InChI=1S/C7H10N2O2S/c1-4(10)7(11)9-6-3-8-5(2)12-6/h3-4,10H,1-2H3,(H,9,11)/t4-/m1/s1. The minimum absolute atomic E-state index is 0.404. The number of aliphatic hydroxyl groups excluding tert-OH is 1. The van der Waals surface area contributed by atoms with Crippen molar-refractivity contribution in [3.05, 3.63) is 11.2 Å². The Bertz CT molecular complexity index is 283. The van der Waals surface area contributed by atoms with Gasteiger partial charge in [0.1, 0.15) is 11.1 Å². The lowest BCUT2D eigenvalue weighted by molar-refractivity contribution is -0.123. The molecule has 0 unspecified atom stereocenters. The van der Waals surface area contributed by atoms with Crippen LogP contribution < -0.4 is 5.32 Å². The summed E-state index contributed by atoms with van der Waals surface area (Å²) in [6.45, 7) is 3.27. The maximum absolute atomic E-state index is 10.9. The van der Waals surface area contributed by atoms with Crippen molar-refractivity contribution in [2.75, 3.05) is 5.32 Å². The summed E-state index contributed by atoms with van der Waals surface area (Å²) < 4.78 is 0. The van der Waals surface area contributed by atoms with Gasteiger partial charge >= 0.3 is 0 Å². The molecular formula is C7H10N2O2S. The van der Waals surface area contributed by atoms with Crippen LogP contribution in [0, 0.1) is 6.92 Å². The second kappa shape index (κ2) is 3.64. The van der Waals surface area contributed by atoms with Crippen LogP contribution in [-0.2, 0) is 4.79 Å². The fraction of sp³-hybridized carbons (Fsp3) is 0.429. The highest BCUT2D eigenvalue weighted by molar-refractivity contribution is 7.15. The third kappa shape index (κ3) is 2.28. The molecule has 4 nitrogen and oxygen atoms in total. The first-order valence-corrected chi connectivity index (χ1v) is 4.32. The van der Waals surface area contributed by atoms with Crippen LogP contribution in [0.25, 0.3) is 0 Å². The molecule has 1 heterocycles. The Balaban J connectivity index is 2.58. The molecule has 0 saturated heterocycles. The number of amides is 1. The Morgan fingerprint density at radius 3 is 2.92 bits per heavy atom. The van der Waals surface area contributed by atoms with Gasteiger partial charge in [0.15, 0.2) is 0 Å². The van der Waals surface area contributed by atoms with Gasteiger partial charge in [-0.2, -0.15) is 0 Å². The van der Waals surface area contributed by atoms with Gasteiger partial charge in [-0.1, -0.05) is 0 Å². The zero-order valence-corrected chi connectivity index (χ0v) is 7.68. The van der Waals surface area contributed by atoms with E-state index in [1.807, 2.05) is 6.92 Å². The average Bonchev–Trinajstić information content (AvgIpc) is 2.35. The van der Waals surface area contributed by atoms with Gasteiger partial charge in [0.25, 0.3) is 5.91 Å². The fourth-order valence-corrected chi connectivity index (χ4v) is 1.33. The molecule has 1 amide bonds. The Labute approximate surface area is 74.3 Å². The molecule has 1 aromatic rings. The van der Waals surface area contributed by atoms with Crippen LogP contribution in [0.2, 0.25) is 0 Å². The van der Waals surface area contributed by atoms with Crippen LogP contribution in [0.15, 0.2) is 6.20 Å². The number of thiazole rings is 1. The SMILES string of the molecule is Cc1ncc(NC(=O)[C@@H](C)O)s1. The van der Waals surface area contributed by atoms with E-state index in [-0.39, 0.29) is 0 Å². The zero-order chi connectivity index (χ0) is 9.14. The second-order valence-electron chi connectivity index (χ2n) is 2.41. The van der Waals surface area contributed by atoms with Gasteiger partial charge in [-0.15, -0.1) is 11.3 Å². The number of hydrogen-bond donors (Lipinski definition) is 2. The number of nitrogens with zero attached hydrogens (tertiary/aromatic N) is 1. The largest absolute Gasteiger partial charge is 0.384 e.